The molecule has 0 unspecified atom stereocenters. The van der Waals surface area contributed by atoms with Gasteiger partial charge >= 0.3 is 0 Å². The van der Waals surface area contributed by atoms with Crippen LogP contribution >= 0.6 is 0 Å². The van der Waals surface area contributed by atoms with Gasteiger partial charge < -0.3 is 5.11 Å². The fourth-order valence-corrected chi connectivity index (χ4v) is 1.58. The molecule has 1 nitrogen and oxygen atoms in total. The Bertz CT molecular complexity index is 458. The molecular weight excluding hydrogens is 160 g/mol. The van der Waals surface area contributed by atoms with Crippen molar-refractivity contribution in [1.29, 1.82) is 0 Å². The zero-order valence-corrected chi connectivity index (χ0v) is 7.83. The topological polar surface area (TPSA) is 20.2 Å². The highest BCUT2D eigenvalue weighted by Gasteiger charge is 2.00. The zero-order chi connectivity index (χ0) is 9.42. The Hall–Kier alpha value is -1.50. The number of phenols is 1. The summed E-state index contributed by atoms with van der Waals surface area (Å²) in [7, 11) is 0. The Morgan fingerprint density at radius 3 is 2.54 bits per heavy atom. The van der Waals surface area contributed by atoms with Gasteiger partial charge in [-0.25, -0.2) is 0 Å². The van der Waals surface area contributed by atoms with Crippen LogP contribution in [0.25, 0.3) is 10.8 Å². The number of rotatable bonds is 0. The molecule has 2 rings (SSSR count). The first kappa shape index (κ1) is 8.11. The van der Waals surface area contributed by atoms with Crippen molar-refractivity contribution < 1.29 is 5.11 Å². The van der Waals surface area contributed by atoms with Crippen molar-refractivity contribution in [3.05, 3.63) is 41.5 Å². The molecule has 0 bridgehead atoms. The highest BCUT2D eigenvalue weighted by Crippen LogP contribution is 2.26. The van der Waals surface area contributed by atoms with E-state index < -0.39 is 0 Å². The van der Waals surface area contributed by atoms with E-state index in [1.807, 2.05) is 25.1 Å². The minimum absolute atomic E-state index is 0.377. The van der Waals surface area contributed by atoms with Crippen molar-refractivity contribution in [1.82, 2.24) is 0 Å². The van der Waals surface area contributed by atoms with E-state index >= 15 is 0 Å². The van der Waals surface area contributed by atoms with Gasteiger partial charge in [0.15, 0.2) is 0 Å². The fraction of sp³-hybridized carbons (Fsp3) is 0.167. The second-order valence-corrected chi connectivity index (χ2v) is 3.43. The van der Waals surface area contributed by atoms with Crippen LogP contribution in [0.5, 0.6) is 5.75 Å². The number of benzene rings is 2. The lowest BCUT2D eigenvalue weighted by molar-refractivity contribution is 0.472. The fourth-order valence-electron chi connectivity index (χ4n) is 1.58. The Labute approximate surface area is 77.6 Å². The molecule has 13 heavy (non-hydrogen) atoms. The standard InChI is InChI=1S/C12H12O/c1-8-4-3-5-10-6-9(2)12(13)7-11(8)10/h3-7,13H,1-2H3. The number of phenolic OH excluding ortho intramolecular Hbond substituents is 1. The summed E-state index contributed by atoms with van der Waals surface area (Å²) >= 11 is 0. The van der Waals surface area contributed by atoms with Crippen molar-refractivity contribution in [3.8, 4) is 5.75 Å². The molecule has 0 heterocycles. The number of fused-ring (bicyclic) bond motifs is 1. The van der Waals surface area contributed by atoms with Crippen LogP contribution < -0.4 is 0 Å². The third kappa shape index (κ3) is 1.26. The molecule has 0 fully saturated rings. The molecule has 0 aliphatic heterocycles. The molecule has 0 saturated carbocycles. The van der Waals surface area contributed by atoms with Gasteiger partial charge in [0.1, 0.15) is 5.75 Å². The average Bonchev–Trinajstić information content (AvgIpc) is 2.09. The van der Waals surface area contributed by atoms with E-state index in [1.165, 1.54) is 10.9 Å². The monoisotopic (exact) mass is 172 g/mol. The normalized spacial score (nSPS) is 10.6. The van der Waals surface area contributed by atoms with Crippen molar-refractivity contribution in [2.24, 2.45) is 0 Å². The molecule has 0 aliphatic carbocycles. The lowest BCUT2D eigenvalue weighted by atomic mass is 10.0. The maximum Gasteiger partial charge on any atom is 0.119 e. The Morgan fingerprint density at radius 1 is 1.00 bits per heavy atom. The molecular formula is C12H12O. The van der Waals surface area contributed by atoms with Gasteiger partial charge in [-0.2, -0.15) is 0 Å². The minimum atomic E-state index is 0.377. The summed E-state index contributed by atoms with van der Waals surface area (Å²) < 4.78 is 0. The second kappa shape index (κ2) is 2.77. The van der Waals surface area contributed by atoms with Crippen LogP contribution in [0.4, 0.5) is 0 Å². The van der Waals surface area contributed by atoms with Gasteiger partial charge in [0.05, 0.1) is 0 Å². The minimum Gasteiger partial charge on any atom is -0.508 e. The van der Waals surface area contributed by atoms with Crippen molar-refractivity contribution in [2.45, 2.75) is 13.8 Å². The molecule has 0 amide bonds. The molecule has 0 saturated heterocycles. The molecule has 0 spiro atoms. The number of aryl methyl sites for hydroxylation is 2. The average molecular weight is 172 g/mol. The van der Waals surface area contributed by atoms with E-state index in [1.54, 1.807) is 0 Å². The van der Waals surface area contributed by atoms with Gasteiger partial charge in [-0.05, 0) is 47.9 Å². The van der Waals surface area contributed by atoms with Gasteiger partial charge in [-0.15, -0.1) is 0 Å². The lowest BCUT2D eigenvalue weighted by Crippen LogP contribution is -1.80. The Kier molecular flexibility index (Phi) is 1.73. The molecule has 66 valence electrons. The SMILES string of the molecule is Cc1cc2cccc(C)c2cc1O. The van der Waals surface area contributed by atoms with Gasteiger partial charge in [0, 0.05) is 0 Å². The molecule has 1 N–H and O–H groups in total. The third-order valence-corrected chi connectivity index (χ3v) is 2.41. The molecule has 0 atom stereocenters. The summed E-state index contributed by atoms with van der Waals surface area (Å²) in [6.45, 7) is 3.97. The maximum atomic E-state index is 9.54. The van der Waals surface area contributed by atoms with Crippen LogP contribution in [0, 0.1) is 13.8 Å². The molecule has 0 radical (unpaired) electrons. The summed E-state index contributed by atoms with van der Waals surface area (Å²) in [6, 6.07) is 10.00. The van der Waals surface area contributed by atoms with Crippen LogP contribution in [-0.4, -0.2) is 5.11 Å². The van der Waals surface area contributed by atoms with Gasteiger partial charge in [0.2, 0.25) is 0 Å². The lowest BCUT2D eigenvalue weighted by Gasteiger charge is -2.04. The van der Waals surface area contributed by atoms with Crippen LogP contribution in [0.2, 0.25) is 0 Å². The molecule has 0 aliphatic rings. The maximum absolute atomic E-state index is 9.54. The van der Waals surface area contributed by atoms with Crippen LogP contribution in [-0.2, 0) is 0 Å². The van der Waals surface area contributed by atoms with E-state index in [-0.39, 0.29) is 0 Å². The zero-order valence-electron chi connectivity index (χ0n) is 7.83. The van der Waals surface area contributed by atoms with E-state index in [4.69, 9.17) is 0 Å². The largest absolute Gasteiger partial charge is 0.508 e. The quantitative estimate of drug-likeness (QED) is 0.647. The highest BCUT2D eigenvalue weighted by atomic mass is 16.3. The predicted octanol–water partition coefficient (Wildman–Crippen LogP) is 3.16. The van der Waals surface area contributed by atoms with Gasteiger partial charge in [-0.3, -0.25) is 0 Å². The van der Waals surface area contributed by atoms with E-state index in [0.29, 0.717) is 5.75 Å². The van der Waals surface area contributed by atoms with Crippen LogP contribution in [0.15, 0.2) is 30.3 Å². The van der Waals surface area contributed by atoms with Crippen LogP contribution in [0.3, 0.4) is 0 Å². The second-order valence-electron chi connectivity index (χ2n) is 3.43. The summed E-state index contributed by atoms with van der Waals surface area (Å²) in [5, 5.41) is 11.9. The van der Waals surface area contributed by atoms with E-state index in [0.717, 1.165) is 10.9 Å². The number of hydrogen-bond acceptors (Lipinski definition) is 1. The van der Waals surface area contributed by atoms with E-state index in [2.05, 4.69) is 19.1 Å². The van der Waals surface area contributed by atoms with Gasteiger partial charge in [0.25, 0.3) is 0 Å². The predicted molar refractivity (Wildman–Crippen MR) is 55.1 cm³/mol. The summed E-state index contributed by atoms with van der Waals surface area (Å²) in [6.07, 6.45) is 0. The van der Waals surface area contributed by atoms with Crippen molar-refractivity contribution >= 4 is 10.8 Å². The highest BCUT2D eigenvalue weighted by molar-refractivity contribution is 5.87. The molecule has 2 aromatic carbocycles. The molecule has 0 aromatic heterocycles. The Morgan fingerprint density at radius 2 is 1.77 bits per heavy atom. The first-order valence-electron chi connectivity index (χ1n) is 4.37. The van der Waals surface area contributed by atoms with Crippen molar-refractivity contribution in [2.75, 3.05) is 0 Å². The van der Waals surface area contributed by atoms with Gasteiger partial charge in [-0.1, -0.05) is 18.2 Å². The summed E-state index contributed by atoms with van der Waals surface area (Å²) in [5.74, 6) is 0.377. The first-order valence-corrected chi connectivity index (χ1v) is 4.37. The number of hydrogen-bond donors (Lipinski definition) is 1. The molecule has 2 aromatic rings. The first-order chi connectivity index (χ1) is 6.18. The summed E-state index contributed by atoms with van der Waals surface area (Å²) in [4.78, 5) is 0. The Balaban J connectivity index is 2.89. The van der Waals surface area contributed by atoms with Crippen LogP contribution in [0.1, 0.15) is 11.1 Å². The third-order valence-electron chi connectivity index (χ3n) is 2.41. The smallest absolute Gasteiger partial charge is 0.119 e. The van der Waals surface area contributed by atoms with E-state index in [9.17, 15) is 5.11 Å². The summed E-state index contributed by atoms with van der Waals surface area (Å²) in [5.41, 5.74) is 2.13. The molecule has 1 heteroatoms. The number of aromatic hydroxyl groups is 1. The van der Waals surface area contributed by atoms with Crippen molar-refractivity contribution in [3.63, 3.8) is 0 Å².